The number of carbonyl (C=O) groups is 1. The molecule has 0 saturated carbocycles. The summed E-state index contributed by atoms with van der Waals surface area (Å²) in [5, 5.41) is 7.43. The molecule has 3 aromatic rings. The molecule has 4 rings (SSSR count). The van der Waals surface area contributed by atoms with Crippen molar-refractivity contribution in [2.24, 2.45) is 0 Å². The maximum atomic E-state index is 12.5. The van der Waals surface area contributed by atoms with Gasteiger partial charge in [-0.3, -0.25) is 9.59 Å². The number of hydrogen-bond donors (Lipinski definition) is 1. The van der Waals surface area contributed by atoms with Crippen molar-refractivity contribution < 1.29 is 4.79 Å². The van der Waals surface area contributed by atoms with Crippen LogP contribution in [-0.2, 0) is 10.5 Å². The molecule has 1 aromatic heterocycles. The van der Waals surface area contributed by atoms with Gasteiger partial charge >= 0.3 is 0 Å². The number of aromatic nitrogens is 2. The molecule has 2 aromatic carbocycles. The van der Waals surface area contributed by atoms with Crippen LogP contribution in [0.2, 0.25) is 0 Å². The molecule has 0 aliphatic carbocycles. The average Bonchev–Trinajstić information content (AvgIpc) is 2.68. The maximum Gasteiger partial charge on any atom is 0.271 e. The van der Waals surface area contributed by atoms with E-state index in [9.17, 15) is 9.59 Å². The molecule has 6 heteroatoms. The zero-order chi connectivity index (χ0) is 18.1. The molecule has 1 aliphatic heterocycles. The van der Waals surface area contributed by atoms with Crippen molar-refractivity contribution in [3.63, 3.8) is 0 Å². The van der Waals surface area contributed by atoms with Crippen LogP contribution in [0.3, 0.4) is 0 Å². The van der Waals surface area contributed by atoms with Crippen LogP contribution in [0.4, 0.5) is 5.69 Å². The third kappa shape index (κ3) is 3.04. The summed E-state index contributed by atoms with van der Waals surface area (Å²) in [6.45, 7) is 1.80. The zero-order valence-corrected chi connectivity index (χ0v) is 15.0. The summed E-state index contributed by atoms with van der Waals surface area (Å²) in [6, 6.07) is 16.9. The first-order valence-electron chi connectivity index (χ1n) is 8.41. The number of nitrogens with one attached hydrogen (secondary N) is 1. The highest BCUT2D eigenvalue weighted by atomic mass is 32.2. The predicted octanol–water partition coefficient (Wildman–Crippen LogP) is 3.85. The first-order chi connectivity index (χ1) is 12.7. The van der Waals surface area contributed by atoms with E-state index in [1.54, 1.807) is 49.0 Å². The molecule has 2 heterocycles. The highest BCUT2D eigenvalue weighted by Crippen LogP contribution is 2.39. The lowest BCUT2D eigenvalue weighted by Gasteiger charge is -2.19. The van der Waals surface area contributed by atoms with Gasteiger partial charge in [0, 0.05) is 34.4 Å². The molecule has 5 nitrogen and oxygen atoms in total. The number of benzene rings is 2. The molecule has 1 aliphatic rings. The summed E-state index contributed by atoms with van der Waals surface area (Å²) in [4.78, 5) is 25.2. The fraction of sp³-hybridized carbons (Fsp3) is 0.150. The smallest absolute Gasteiger partial charge is 0.271 e. The van der Waals surface area contributed by atoms with Crippen molar-refractivity contribution in [2.75, 3.05) is 5.32 Å². The number of anilines is 1. The molecule has 0 radical (unpaired) electrons. The van der Waals surface area contributed by atoms with E-state index in [0.717, 1.165) is 22.6 Å². The monoisotopic (exact) mass is 363 g/mol. The van der Waals surface area contributed by atoms with Crippen LogP contribution in [0, 0.1) is 0 Å². The van der Waals surface area contributed by atoms with E-state index in [1.807, 2.05) is 18.2 Å². The summed E-state index contributed by atoms with van der Waals surface area (Å²) in [5.41, 5.74) is 4.08. The Morgan fingerprint density at radius 2 is 1.96 bits per heavy atom. The number of amides is 1. The van der Waals surface area contributed by atoms with Crippen molar-refractivity contribution in [2.45, 2.75) is 24.0 Å². The van der Waals surface area contributed by atoms with Gasteiger partial charge in [0.25, 0.3) is 5.56 Å². The Balaban J connectivity index is 1.75. The van der Waals surface area contributed by atoms with Gasteiger partial charge in [-0.05, 0) is 35.9 Å². The van der Waals surface area contributed by atoms with Crippen molar-refractivity contribution >= 4 is 23.4 Å². The third-order valence-electron chi connectivity index (χ3n) is 4.25. The van der Waals surface area contributed by atoms with Crippen molar-refractivity contribution in [1.29, 1.82) is 0 Å². The summed E-state index contributed by atoms with van der Waals surface area (Å²) in [6.07, 6.45) is 0.422. The molecule has 1 amide bonds. The van der Waals surface area contributed by atoms with Gasteiger partial charge in [0.15, 0.2) is 0 Å². The van der Waals surface area contributed by atoms with Crippen LogP contribution in [0.5, 0.6) is 0 Å². The topological polar surface area (TPSA) is 64.0 Å². The molecule has 130 valence electrons. The Hall–Kier alpha value is -2.86. The molecule has 26 heavy (non-hydrogen) atoms. The van der Waals surface area contributed by atoms with Gasteiger partial charge in [0.2, 0.25) is 5.91 Å². The van der Waals surface area contributed by atoms with Gasteiger partial charge in [0.05, 0.1) is 11.4 Å². The largest absolute Gasteiger partial charge is 0.326 e. The van der Waals surface area contributed by atoms with Gasteiger partial charge in [-0.2, -0.15) is 9.78 Å². The van der Waals surface area contributed by atoms with E-state index >= 15 is 0 Å². The van der Waals surface area contributed by atoms with E-state index in [2.05, 4.69) is 16.5 Å². The fourth-order valence-corrected chi connectivity index (χ4v) is 3.92. The van der Waals surface area contributed by atoms with Crippen molar-refractivity contribution in [3.8, 4) is 16.9 Å². The third-order valence-corrected chi connectivity index (χ3v) is 5.38. The van der Waals surface area contributed by atoms with Gasteiger partial charge in [-0.25, -0.2) is 0 Å². The lowest BCUT2D eigenvalue weighted by Crippen LogP contribution is -2.23. The van der Waals surface area contributed by atoms with E-state index in [-0.39, 0.29) is 11.5 Å². The van der Waals surface area contributed by atoms with Crippen LogP contribution in [0.15, 0.2) is 64.3 Å². The molecule has 0 spiro atoms. The highest BCUT2D eigenvalue weighted by Gasteiger charge is 2.19. The average molecular weight is 363 g/mol. The Morgan fingerprint density at radius 1 is 1.19 bits per heavy atom. The number of nitrogens with zero attached hydrogens (tertiary/aromatic N) is 2. The Bertz CT molecular complexity index is 1040. The summed E-state index contributed by atoms with van der Waals surface area (Å²) < 4.78 is 1.41. The first-order valence-corrected chi connectivity index (χ1v) is 9.40. The number of carbonyl (C=O) groups excluding carboxylic acids is 1. The minimum atomic E-state index is -0.158. The van der Waals surface area contributed by atoms with Crippen molar-refractivity contribution in [1.82, 2.24) is 9.78 Å². The molecule has 0 fully saturated rings. The second-order valence-corrected chi connectivity index (χ2v) is 7.02. The number of thioether (sulfide) groups is 1. The van der Waals surface area contributed by atoms with Crippen LogP contribution in [0.25, 0.3) is 16.9 Å². The SMILES string of the molecule is CCC(=O)Nc1ccc(-n2nc3c(cc2=O)CSc2ccccc2-3)cc1. The molecular formula is C20H17N3O2S. The predicted molar refractivity (Wildman–Crippen MR) is 104 cm³/mol. The lowest BCUT2D eigenvalue weighted by atomic mass is 10.1. The molecule has 0 bridgehead atoms. The van der Waals surface area contributed by atoms with Crippen LogP contribution in [0.1, 0.15) is 18.9 Å². The minimum Gasteiger partial charge on any atom is -0.326 e. The van der Waals surface area contributed by atoms with Crippen LogP contribution >= 0.6 is 11.8 Å². The fourth-order valence-electron chi connectivity index (χ4n) is 2.89. The number of hydrogen-bond acceptors (Lipinski definition) is 4. The van der Waals surface area contributed by atoms with Crippen molar-refractivity contribution in [3.05, 3.63) is 70.5 Å². The second-order valence-electron chi connectivity index (χ2n) is 6.00. The Labute approximate surface area is 155 Å². The van der Waals surface area contributed by atoms with Crippen LogP contribution < -0.4 is 10.9 Å². The molecule has 0 unspecified atom stereocenters. The summed E-state index contributed by atoms with van der Waals surface area (Å²) in [7, 11) is 0. The standard InChI is InChI=1S/C20H17N3O2S/c1-2-18(24)21-14-7-9-15(10-8-14)23-19(25)11-13-12-26-17-6-4-3-5-16(17)20(13)22-23/h3-11H,2,12H2,1H3,(H,21,24). The van der Waals surface area contributed by atoms with Gasteiger partial charge in [0.1, 0.15) is 0 Å². The quantitative estimate of drug-likeness (QED) is 0.768. The van der Waals surface area contributed by atoms with E-state index in [4.69, 9.17) is 0 Å². The molecular weight excluding hydrogens is 346 g/mol. The van der Waals surface area contributed by atoms with Gasteiger partial charge in [-0.15, -0.1) is 11.8 Å². The molecule has 0 saturated heterocycles. The highest BCUT2D eigenvalue weighted by molar-refractivity contribution is 7.98. The van der Waals surface area contributed by atoms with Crippen LogP contribution in [-0.4, -0.2) is 15.7 Å². The molecule has 1 N–H and O–H groups in total. The Kier molecular flexibility index (Phi) is 4.34. The van der Waals surface area contributed by atoms with Gasteiger partial charge < -0.3 is 5.32 Å². The number of fused-ring (bicyclic) bond motifs is 3. The number of rotatable bonds is 3. The van der Waals surface area contributed by atoms with E-state index in [0.29, 0.717) is 17.8 Å². The minimum absolute atomic E-state index is 0.0454. The molecule has 0 atom stereocenters. The maximum absolute atomic E-state index is 12.5. The first kappa shape index (κ1) is 16.6. The van der Waals surface area contributed by atoms with E-state index < -0.39 is 0 Å². The van der Waals surface area contributed by atoms with E-state index in [1.165, 1.54) is 9.58 Å². The normalized spacial score (nSPS) is 12.2. The van der Waals surface area contributed by atoms with Gasteiger partial charge in [-0.1, -0.05) is 25.1 Å². The lowest BCUT2D eigenvalue weighted by molar-refractivity contribution is -0.115. The Morgan fingerprint density at radius 3 is 2.73 bits per heavy atom. The summed E-state index contributed by atoms with van der Waals surface area (Å²) >= 11 is 1.72. The zero-order valence-electron chi connectivity index (χ0n) is 14.2. The second kappa shape index (κ2) is 6.80. The summed E-state index contributed by atoms with van der Waals surface area (Å²) in [5.74, 6) is 0.702.